The van der Waals surface area contributed by atoms with Crippen molar-refractivity contribution in [3.8, 4) is 22.6 Å². The van der Waals surface area contributed by atoms with Crippen molar-refractivity contribution in [2.75, 3.05) is 6.61 Å². The maximum Gasteiger partial charge on any atom is 0.169 e. The third kappa shape index (κ3) is 2.48. The Bertz CT molecular complexity index is 504. The normalized spacial score (nSPS) is 9.88. The summed E-state index contributed by atoms with van der Waals surface area (Å²) in [6.45, 7) is 3.97. The Labute approximate surface area is 101 Å². The van der Waals surface area contributed by atoms with Crippen LogP contribution in [0.1, 0.15) is 0 Å². The van der Waals surface area contributed by atoms with E-state index in [9.17, 15) is 5.11 Å². The molecule has 86 valence electrons. The van der Waals surface area contributed by atoms with E-state index >= 15 is 0 Å². The molecular weight excluding hydrogens is 212 g/mol. The zero-order valence-electron chi connectivity index (χ0n) is 9.47. The second-order valence-corrected chi connectivity index (χ2v) is 3.62. The first-order chi connectivity index (χ1) is 8.33. The first-order valence-electron chi connectivity index (χ1n) is 5.44. The molecule has 0 amide bonds. The van der Waals surface area contributed by atoms with Crippen molar-refractivity contribution in [2.24, 2.45) is 0 Å². The Morgan fingerprint density at radius 3 is 2.53 bits per heavy atom. The highest BCUT2D eigenvalue weighted by molar-refractivity contribution is 5.73. The van der Waals surface area contributed by atoms with Crippen LogP contribution < -0.4 is 4.74 Å². The van der Waals surface area contributed by atoms with E-state index in [4.69, 9.17) is 4.74 Å². The number of phenolic OH excluding ortho intramolecular Hbond substituents is 1. The van der Waals surface area contributed by atoms with E-state index in [-0.39, 0.29) is 5.75 Å². The number of aromatic hydroxyl groups is 1. The topological polar surface area (TPSA) is 29.5 Å². The molecule has 0 fully saturated rings. The Balaban J connectivity index is 2.46. The summed E-state index contributed by atoms with van der Waals surface area (Å²) in [4.78, 5) is 0. The van der Waals surface area contributed by atoms with Gasteiger partial charge < -0.3 is 9.84 Å². The molecule has 0 aliphatic heterocycles. The molecule has 0 radical (unpaired) electrons. The first kappa shape index (κ1) is 11.3. The standard InChI is InChI=1S/C15H14O2/c1-2-11-17-15-13(9-6-10-14(15)16)12-7-4-3-5-8-12/h2-10,16H,1,11H2. The quantitative estimate of drug-likeness (QED) is 0.807. The lowest BCUT2D eigenvalue weighted by Gasteiger charge is -2.11. The summed E-state index contributed by atoms with van der Waals surface area (Å²) in [6.07, 6.45) is 1.65. The van der Waals surface area contributed by atoms with Gasteiger partial charge in [-0.1, -0.05) is 55.1 Å². The summed E-state index contributed by atoms with van der Waals surface area (Å²) in [5.41, 5.74) is 1.90. The minimum atomic E-state index is 0.146. The van der Waals surface area contributed by atoms with Gasteiger partial charge in [-0.3, -0.25) is 0 Å². The Morgan fingerprint density at radius 1 is 1.06 bits per heavy atom. The molecule has 2 nitrogen and oxygen atoms in total. The lowest BCUT2D eigenvalue weighted by Crippen LogP contribution is -1.95. The molecule has 0 atom stereocenters. The Hall–Kier alpha value is -2.22. The summed E-state index contributed by atoms with van der Waals surface area (Å²) < 4.78 is 5.50. The van der Waals surface area contributed by atoms with Crippen LogP contribution in [0.2, 0.25) is 0 Å². The third-order valence-electron chi connectivity index (χ3n) is 2.42. The van der Waals surface area contributed by atoms with Gasteiger partial charge in [0.2, 0.25) is 0 Å². The van der Waals surface area contributed by atoms with Crippen molar-refractivity contribution in [3.05, 3.63) is 61.2 Å². The van der Waals surface area contributed by atoms with Gasteiger partial charge in [-0.15, -0.1) is 0 Å². The van der Waals surface area contributed by atoms with Crippen molar-refractivity contribution in [1.82, 2.24) is 0 Å². The fourth-order valence-electron chi connectivity index (χ4n) is 1.66. The summed E-state index contributed by atoms with van der Waals surface area (Å²) in [6, 6.07) is 15.2. The van der Waals surface area contributed by atoms with Gasteiger partial charge in [0.25, 0.3) is 0 Å². The molecule has 2 aromatic rings. The molecule has 0 heterocycles. The van der Waals surface area contributed by atoms with E-state index in [1.54, 1.807) is 18.2 Å². The van der Waals surface area contributed by atoms with Crippen LogP contribution in [-0.2, 0) is 0 Å². The van der Waals surface area contributed by atoms with E-state index in [0.29, 0.717) is 12.4 Å². The van der Waals surface area contributed by atoms with E-state index in [1.807, 2.05) is 36.4 Å². The number of phenols is 1. The van der Waals surface area contributed by atoms with Gasteiger partial charge in [0.15, 0.2) is 11.5 Å². The third-order valence-corrected chi connectivity index (χ3v) is 2.42. The molecule has 0 bridgehead atoms. The maximum atomic E-state index is 9.82. The Kier molecular flexibility index (Phi) is 3.46. The number of hydrogen-bond donors (Lipinski definition) is 1. The highest BCUT2D eigenvalue weighted by atomic mass is 16.5. The lowest BCUT2D eigenvalue weighted by atomic mass is 10.0. The van der Waals surface area contributed by atoms with Crippen LogP contribution in [0.5, 0.6) is 11.5 Å². The van der Waals surface area contributed by atoms with Crippen LogP contribution in [0.3, 0.4) is 0 Å². The molecule has 0 aromatic heterocycles. The van der Waals surface area contributed by atoms with Crippen molar-refractivity contribution < 1.29 is 9.84 Å². The second-order valence-electron chi connectivity index (χ2n) is 3.62. The number of benzene rings is 2. The fourth-order valence-corrected chi connectivity index (χ4v) is 1.66. The van der Waals surface area contributed by atoms with Crippen LogP contribution in [0, 0.1) is 0 Å². The average molecular weight is 226 g/mol. The largest absolute Gasteiger partial charge is 0.504 e. The van der Waals surface area contributed by atoms with Gasteiger partial charge in [-0.25, -0.2) is 0 Å². The van der Waals surface area contributed by atoms with Crippen LogP contribution >= 0.6 is 0 Å². The molecule has 0 aliphatic carbocycles. The minimum absolute atomic E-state index is 0.146. The zero-order chi connectivity index (χ0) is 12.1. The molecule has 1 N–H and O–H groups in total. The van der Waals surface area contributed by atoms with E-state index in [1.165, 1.54) is 0 Å². The van der Waals surface area contributed by atoms with E-state index < -0.39 is 0 Å². The second kappa shape index (κ2) is 5.21. The van der Waals surface area contributed by atoms with Crippen LogP contribution in [-0.4, -0.2) is 11.7 Å². The molecule has 0 spiro atoms. The van der Waals surface area contributed by atoms with Gasteiger partial charge in [-0.2, -0.15) is 0 Å². The van der Waals surface area contributed by atoms with Crippen LogP contribution in [0.4, 0.5) is 0 Å². The van der Waals surface area contributed by atoms with Gasteiger partial charge in [0, 0.05) is 5.56 Å². The molecule has 2 aromatic carbocycles. The summed E-state index contributed by atoms with van der Waals surface area (Å²) >= 11 is 0. The predicted molar refractivity (Wildman–Crippen MR) is 69.2 cm³/mol. The molecule has 0 unspecified atom stereocenters. The summed E-state index contributed by atoms with van der Waals surface area (Å²) in [5.74, 6) is 0.645. The maximum absolute atomic E-state index is 9.82. The molecule has 0 saturated heterocycles. The highest BCUT2D eigenvalue weighted by Crippen LogP contribution is 2.37. The summed E-state index contributed by atoms with van der Waals surface area (Å²) in [7, 11) is 0. The molecular formula is C15H14O2. The fraction of sp³-hybridized carbons (Fsp3) is 0.0667. The van der Waals surface area contributed by atoms with E-state index in [2.05, 4.69) is 6.58 Å². The van der Waals surface area contributed by atoms with E-state index in [0.717, 1.165) is 11.1 Å². The molecule has 0 saturated carbocycles. The SMILES string of the molecule is C=CCOc1c(O)cccc1-c1ccccc1. The number of rotatable bonds is 4. The molecule has 2 heteroatoms. The molecule has 2 rings (SSSR count). The van der Waals surface area contributed by atoms with Gasteiger partial charge in [0.1, 0.15) is 6.61 Å². The number of ether oxygens (including phenoxy) is 1. The van der Waals surface area contributed by atoms with Crippen molar-refractivity contribution >= 4 is 0 Å². The lowest BCUT2D eigenvalue weighted by molar-refractivity contribution is 0.338. The van der Waals surface area contributed by atoms with Crippen molar-refractivity contribution in [1.29, 1.82) is 0 Å². The monoisotopic (exact) mass is 226 g/mol. The number of hydrogen-bond acceptors (Lipinski definition) is 2. The molecule has 17 heavy (non-hydrogen) atoms. The zero-order valence-corrected chi connectivity index (χ0v) is 9.47. The molecule has 0 aliphatic rings. The van der Waals surface area contributed by atoms with Crippen LogP contribution in [0.15, 0.2) is 61.2 Å². The van der Waals surface area contributed by atoms with Crippen molar-refractivity contribution in [3.63, 3.8) is 0 Å². The first-order valence-corrected chi connectivity index (χ1v) is 5.44. The van der Waals surface area contributed by atoms with Gasteiger partial charge in [0.05, 0.1) is 0 Å². The van der Waals surface area contributed by atoms with Crippen molar-refractivity contribution in [2.45, 2.75) is 0 Å². The summed E-state index contributed by atoms with van der Waals surface area (Å²) in [5, 5.41) is 9.82. The van der Waals surface area contributed by atoms with Crippen LogP contribution in [0.25, 0.3) is 11.1 Å². The van der Waals surface area contributed by atoms with Gasteiger partial charge >= 0.3 is 0 Å². The Morgan fingerprint density at radius 2 is 1.82 bits per heavy atom. The highest BCUT2D eigenvalue weighted by Gasteiger charge is 2.09. The average Bonchev–Trinajstić information content (AvgIpc) is 2.38. The minimum Gasteiger partial charge on any atom is -0.504 e. The predicted octanol–water partition coefficient (Wildman–Crippen LogP) is 3.62. The number of para-hydroxylation sites is 1. The smallest absolute Gasteiger partial charge is 0.169 e. The van der Waals surface area contributed by atoms with Gasteiger partial charge in [-0.05, 0) is 11.6 Å².